The Morgan fingerprint density at radius 2 is 1.78 bits per heavy atom. The number of nitrogens with zero attached hydrogens (tertiary/aromatic N) is 1. The largest absolute Gasteiger partial charge is 0.493 e. The topological polar surface area (TPSA) is 43.0 Å². The molecule has 0 amide bonds. The van der Waals surface area contributed by atoms with Crippen molar-refractivity contribution in [2.75, 3.05) is 43.6 Å². The van der Waals surface area contributed by atoms with Gasteiger partial charge in [-0.05, 0) is 75.9 Å². The molecule has 6 heteroatoms. The van der Waals surface area contributed by atoms with Crippen molar-refractivity contribution in [1.29, 1.82) is 0 Å². The number of morpholine rings is 1. The van der Waals surface area contributed by atoms with Crippen molar-refractivity contribution in [3.8, 4) is 11.5 Å². The van der Waals surface area contributed by atoms with E-state index in [4.69, 9.17) is 14.2 Å². The lowest BCUT2D eigenvalue weighted by Crippen LogP contribution is -2.36. The normalized spacial score (nSPS) is 13.7. The molecule has 0 aliphatic carbocycles. The van der Waals surface area contributed by atoms with Crippen molar-refractivity contribution in [2.24, 2.45) is 0 Å². The van der Waals surface area contributed by atoms with Crippen LogP contribution in [-0.2, 0) is 17.9 Å². The first-order valence-corrected chi connectivity index (χ1v) is 11.6. The van der Waals surface area contributed by atoms with E-state index >= 15 is 0 Å². The van der Waals surface area contributed by atoms with E-state index in [1.54, 1.807) is 7.11 Å². The maximum atomic E-state index is 6.11. The summed E-state index contributed by atoms with van der Waals surface area (Å²) >= 11 is 3.66. The lowest BCUT2D eigenvalue weighted by atomic mass is 10.1. The van der Waals surface area contributed by atoms with Gasteiger partial charge >= 0.3 is 0 Å². The fourth-order valence-electron chi connectivity index (χ4n) is 3.75. The first-order valence-electron chi connectivity index (χ1n) is 10.8. The van der Waals surface area contributed by atoms with Crippen molar-refractivity contribution in [3.63, 3.8) is 0 Å². The van der Waals surface area contributed by atoms with Crippen molar-refractivity contribution in [1.82, 2.24) is 0 Å². The van der Waals surface area contributed by atoms with Crippen LogP contribution in [-0.4, -0.2) is 33.4 Å². The van der Waals surface area contributed by atoms with Gasteiger partial charge in [-0.25, -0.2) is 0 Å². The molecule has 0 atom stereocenters. The monoisotopic (exact) mass is 496 g/mol. The lowest BCUT2D eigenvalue weighted by Gasteiger charge is -2.29. The van der Waals surface area contributed by atoms with E-state index in [0.29, 0.717) is 18.9 Å². The molecule has 3 aromatic carbocycles. The van der Waals surface area contributed by atoms with Crippen molar-refractivity contribution in [3.05, 3.63) is 81.8 Å². The van der Waals surface area contributed by atoms with Gasteiger partial charge in [-0.2, -0.15) is 0 Å². The van der Waals surface area contributed by atoms with E-state index in [1.165, 1.54) is 11.3 Å². The summed E-state index contributed by atoms with van der Waals surface area (Å²) in [6.45, 7) is 6.74. The zero-order valence-corrected chi connectivity index (χ0v) is 20.2. The van der Waals surface area contributed by atoms with Gasteiger partial charge in [-0.3, -0.25) is 0 Å². The molecule has 32 heavy (non-hydrogen) atoms. The minimum absolute atomic E-state index is 0.495. The Balaban J connectivity index is 1.39. The maximum Gasteiger partial charge on any atom is 0.175 e. The molecular weight excluding hydrogens is 468 g/mol. The molecule has 0 bridgehead atoms. The standard InChI is InChI=1S/C26H29BrN2O3/c1-19-5-3-4-6-21(19)18-32-26-24(27)15-20(16-25(26)30-2)17-28-22-7-9-23(10-8-22)29-11-13-31-14-12-29/h3-10,15-16,28H,11-14,17-18H2,1-2H3. The van der Waals surface area contributed by atoms with Crippen LogP contribution in [0.1, 0.15) is 16.7 Å². The van der Waals surface area contributed by atoms with Crippen molar-refractivity contribution in [2.45, 2.75) is 20.1 Å². The molecule has 0 radical (unpaired) electrons. The van der Waals surface area contributed by atoms with E-state index < -0.39 is 0 Å². The predicted molar refractivity (Wildman–Crippen MR) is 133 cm³/mol. The highest BCUT2D eigenvalue weighted by Crippen LogP contribution is 2.37. The quantitative estimate of drug-likeness (QED) is 0.427. The number of halogens is 1. The zero-order valence-electron chi connectivity index (χ0n) is 18.6. The third kappa shape index (κ3) is 5.56. The molecule has 1 saturated heterocycles. The second-order valence-corrected chi connectivity index (χ2v) is 8.68. The van der Waals surface area contributed by atoms with Gasteiger partial charge in [-0.15, -0.1) is 0 Å². The van der Waals surface area contributed by atoms with Gasteiger partial charge < -0.3 is 24.4 Å². The van der Waals surface area contributed by atoms with Crippen LogP contribution in [0.2, 0.25) is 0 Å². The average Bonchev–Trinajstić information content (AvgIpc) is 2.83. The number of nitrogens with one attached hydrogen (secondary N) is 1. The third-order valence-electron chi connectivity index (χ3n) is 5.66. The smallest absolute Gasteiger partial charge is 0.175 e. The Morgan fingerprint density at radius 3 is 2.50 bits per heavy atom. The highest BCUT2D eigenvalue weighted by atomic mass is 79.9. The molecule has 3 aromatic rings. The van der Waals surface area contributed by atoms with E-state index in [9.17, 15) is 0 Å². The van der Waals surface area contributed by atoms with E-state index in [2.05, 4.69) is 75.5 Å². The molecule has 0 aromatic heterocycles. The molecule has 0 spiro atoms. The molecule has 168 valence electrons. The fourth-order valence-corrected chi connectivity index (χ4v) is 4.36. The van der Waals surface area contributed by atoms with Crippen LogP contribution in [0.3, 0.4) is 0 Å². The molecule has 1 aliphatic rings. The maximum absolute atomic E-state index is 6.11. The second kappa shape index (κ2) is 10.7. The van der Waals surface area contributed by atoms with Crippen LogP contribution in [0, 0.1) is 6.92 Å². The van der Waals surface area contributed by atoms with Crippen LogP contribution in [0.25, 0.3) is 0 Å². The van der Waals surface area contributed by atoms with Crippen molar-refractivity contribution >= 4 is 27.3 Å². The Labute approximate surface area is 198 Å². The number of benzene rings is 3. The van der Waals surface area contributed by atoms with Gasteiger partial charge in [0.1, 0.15) is 6.61 Å². The van der Waals surface area contributed by atoms with E-state index in [0.717, 1.165) is 53.3 Å². The Kier molecular flexibility index (Phi) is 7.55. The molecular formula is C26H29BrN2O3. The van der Waals surface area contributed by atoms with Gasteiger partial charge in [0.15, 0.2) is 11.5 Å². The molecule has 1 heterocycles. The van der Waals surface area contributed by atoms with Crippen LogP contribution in [0.15, 0.2) is 65.1 Å². The Bertz CT molecular complexity index is 1030. The zero-order chi connectivity index (χ0) is 22.3. The molecule has 0 saturated carbocycles. The van der Waals surface area contributed by atoms with Crippen LogP contribution >= 0.6 is 15.9 Å². The minimum Gasteiger partial charge on any atom is -0.493 e. The molecule has 4 rings (SSSR count). The minimum atomic E-state index is 0.495. The SMILES string of the molecule is COc1cc(CNc2ccc(N3CCOCC3)cc2)cc(Br)c1OCc1ccccc1C. The predicted octanol–water partition coefficient (Wildman–Crippen LogP) is 5.79. The Hall–Kier alpha value is -2.70. The van der Waals surface area contributed by atoms with Gasteiger partial charge in [0.25, 0.3) is 0 Å². The fraction of sp³-hybridized carbons (Fsp3) is 0.308. The van der Waals surface area contributed by atoms with Gasteiger partial charge in [-0.1, -0.05) is 24.3 Å². The lowest BCUT2D eigenvalue weighted by molar-refractivity contribution is 0.122. The number of hydrogen-bond acceptors (Lipinski definition) is 5. The number of aryl methyl sites for hydroxylation is 1. The first-order chi connectivity index (χ1) is 15.6. The van der Waals surface area contributed by atoms with E-state index in [-0.39, 0.29) is 0 Å². The summed E-state index contributed by atoms with van der Waals surface area (Å²) in [6, 6.07) is 20.9. The number of ether oxygens (including phenoxy) is 3. The summed E-state index contributed by atoms with van der Waals surface area (Å²) in [5, 5.41) is 3.49. The summed E-state index contributed by atoms with van der Waals surface area (Å²) in [5.74, 6) is 1.43. The van der Waals surface area contributed by atoms with Crippen LogP contribution in [0.5, 0.6) is 11.5 Å². The number of rotatable bonds is 8. The highest BCUT2D eigenvalue weighted by molar-refractivity contribution is 9.10. The number of methoxy groups -OCH3 is 1. The van der Waals surface area contributed by atoms with Gasteiger partial charge in [0, 0.05) is 31.0 Å². The van der Waals surface area contributed by atoms with Gasteiger partial charge in [0.2, 0.25) is 0 Å². The molecule has 1 N–H and O–H groups in total. The van der Waals surface area contributed by atoms with Gasteiger partial charge in [0.05, 0.1) is 24.8 Å². The highest BCUT2D eigenvalue weighted by Gasteiger charge is 2.13. The summed E-state index contributed by atoms with van der Waals surface area (Å²) < 4.78 is 18.0. The first kappa shape index (κ1) is 22.5. The van der Waals surface area contributed by atoms with Crippen molar-refractivity contribution < 1.29 is 14.2 Å². The van der Waals surface area contributed by atoms with E-state index in [1.807, 2.05) is 18.2 Å². The van der Waals surface area contributed by atoms with Crippen LogP contribution < -0.4 is 19.7 Å². The molecule has 5 nitrogen and oxygen atoms in total. The summed E-state index contributed by atoms with van der Waals surface area (Å²) in [4.78, 5) is 2.35. The Morgan fingerprint density at radius 1 is 1.03 bits per heavy atom. The number of hydrogen-bond donors (Lipinski definition) is 1. The summed E-state index contributed by atoms with van der Waals surface area (Å²) in [6.07, 6.45) is 0. The molecule has 1 fully saturated rings. The summed E-state index contributed by atoms with van der Waals surface area (Å²) in [7, 11) is 1.67. The van der Waals surface area contributed by atoms with Crippen LogP contribution in [0.4, 0.5) is 11.4 Å². The molecule has 1 aliphatic heterocycles. The molecule has 0 unspecified atom stereocenters. The summed E-state index contributed by atoms with van der Waals surface area (Å²) in [5.41, 5.74) is 5.79. The second-order valence-electron chi connectivity index (χ2n) is 7.82. The number of anilines is 2. The third-order valence-corrected chi connectivity index (χ3v) is 6.25. The average molecular weight is 497 g/mol.